The van der Waals surface area contributed by atoms with Crippen molar-refractivity contribution >= 4 is 10.1 Å². The molecule has 0 fully saturated rings. The average molecular weight is 350 g/mol. The zero-order chi connectivity index (χ0) is 17.6. The Kier molecular flexibility index (Phi) is 6.23. The molecule has 2 aromatic carbocycles. The van der Waals surface area contributed by atoms with Crippen molar-refractivity contribution < 1.29 is 22.8 Å². The van der Waals surface area contributed by atoms with E-state index in [1.165, 1.54) is 43.5 Å². The minimum absolute atomic E-state index is 0.0434. The zero-order valence-corrected chi connectivity index (χ0v) is 14.4. The largest absolute Gasteiger partial charge is 0.504 e. The molecule has 0 aliphatic heterocycles. The zero-order valence-electron chi connectivity index (χ0n) is 13.6. The number of phenolic OH excluding ortho intramolecular Hbond substituents is 1. The first kappa shape index (κ1) is 18.3. The standard InChI is InChI=1S/C18H22O5S/c1-2-3-4-5-6-14-7-12-18(17(19)13-14)23-15-8-10-16(11-9-15)24(20,21)22/h7-13,19H,2-6H2,1H3,(H,20,21,22). The number of hydrogen-bond acceptors (Lipinski definition) is 4. The molecule has 0 atom stereocenters. The van der Waals surface area contributed by atoms with E-state index in [0.29, 0.717) is 11.5 Å². The molecular formula is C18H22O5S. The van der Waals surface area contributed by atoms with Crippen LogP contribution in [0.3, 0.4) is 0 Å². The van der Waals surface area contributed by atoms with Crippen LogP contribution in [0.4, 0.5) is 0 Å². The molecule has 0 aliphatic rings. The highest BCUT2D eigenvalue weighted by atomic mass is 32.2. The van der Waals surface area contributed by atoms with Crippen molar-refractivity contribution in [3.8, 4) is 17.2 Å². The quantitative estimate of drug-likeness (QED) is 0.539. The number of benzene rings is 2. The van der Waals surface area contributed by atoms with Gasteiger partial charge in [0.25, 0.3) is 10.1 Å². The van der Waals surface area contributed by atoms with Crippen LogP contribution in [0.15, 0.2) is 47.4 Å². The van der Waals surface area contributed by atoms with Gasteiger partial charge in [0.1, 0.15) is 5.75 Å². The maximum Gasteiger partial charge on any atom is 0.294 e. The SMILES string of the molecule is CCCCCCc1ccc(Oc2ccc(S(=O)(=O)O)cc2)c(O)c1. The Balaban J connectivity index is 2.02. The van der Waals surface area contributed by atoms with Gasteiger partial charge in [-0.2, -0.15) is 8.42 Å². The molecule has 2 N–H and O–H groups in total. The molecule has 5 nitrogen and oxygen atoms in total. The molecule has 6 heteroatoms. The van der Waals surface area contributed by atoms with Gasteiger partial charge in [-0.05, 0) is 54.8 Å². The van der Waals surface area contributed by atoms with E-state index in [1.807, 2.05) is 6.07 Å². The van der Waals surface area contributed by atoms with E-state index >= 15 is 0 Å². The van der Waals surface area contributed by atoms with Crippen LogP contribution in [0.1, 0.15) is 38.2 Å². The van der Waals surface area contributed by atoms with Gasteiger partial charge in [-0.1, -0.05) is 32.3 Å². The monoisotopic (exact) mass is 350 g/mol. The Labute approximate surface area is 142 Å². The molecule has 0 aromatic heterocycles. The minimum atomic E-state index is -4.22. The van der Waals surface area contributed by atoms with Crippen molar-refractivity contribution in [2.45, 2.75) is 43.9 Å². The van der Waals surface area contributed by atoms with E-state index in [4.69, 9.17) is 9.29 Å². The fourth-order valence-corrected chi connectivity index (χ4v) is 2.85. The van der Waals surface area contributed by atoms with E-state index < -0.39 is 10.1 Å². The summed E-state index contributed by atoms with van der Waals surface area (Å²) in [5, 5.41) is 10.1. The Bertz CT molecular complexity index is 766. The van der Waals surface area contributed by atoms with E-state index in [2.05, 4.69) is 6.92 Å². The Morgan fingerprint density at radius 1 is 1.00 bits per heavy atom. The summed E-state index contributed by atoms with van der Waals surface area (Å²) in [4.78, 5) is -0.207. The molecule has 0 amide bonds. The number of ether oxygens (including phenoxy) is 1. The number of phenols is 1. The second-order valence-electron chi connectivity index (χ2n) is 5.66. The van der Waals surface area contributed by atoms with Gasteiger partial charge in [-0.15, -0.1) is 0 Å². The lowest BCUT2D eigenvalue weighted by molar-refractivity contribution is 0.410. The molecule has 2 aromatic rings. The number of aromatic hydroxyl groups is 1. The van der Waals surface area contributed by atoms with Crippen LogP contribution >= 0.6 is 0 Å². The summed E-state index contributed by atoms with van der Waals surface area (Å²) in [6, 6.07) is 10.6. The number of unbranched alkanes of at least 4 members (excludes halogenated alkanes) is 3. The van der Waals surface area contributed by atoms with Crippen LogP contribution in [-0.4, -0.2) is 18.1 Å². The van der Waals surface area contributed by atoms with Crippen LogP contribution in [0.2, 0.25) is 0 Å². The molecule has 0 spiro atoms. The molecule has 0 saturated heterocycles. The molecule has 0 aliphatic carbocycles. The van der Waals surface area contributed by atoms with Crippen LogP contribution in [-0.2, 0) is 16.5 Å². The number of aryl methyl sites for hydroxylation is 1. The first-order valence-corrected chi connectivity index (χ1v) is 9.41. The number of hydrogen-bond donors (Lipinski definition) is 2. The molecule has 24 heavy (non-hydrogen) atoms. The van der Waals surface area contributed by atoms with E-state index in [9.17, 15) is 13.5 Å². The third-order valence-corrected chi connectivity index (χ3v) is 4.56. The maximum atomic E-state index is 11.0. The van der Waals surface area contributed by atoms with Gasteiger partial charge < -0.3 is 9.84 Å². The van der Waals surface area contributed by atoms with Crippen LogP contribution in [0.25, 0.3) is 0 Å². The van der Waals surface area contributed by atoms with Gasteiger partial charge in [0.05, 0.1) is 4.90 Å². The van der Waals surface area contributed by atoms with E-state index in [-0.39, 0.29) is 10.6 Å². The second-order valence-corrected chi connectivity index (χ2v) is 7.08. The first-order chi connectivity index (χ1) is 11.4. The molecule has 2 rings (SSSR count). The van der Waals surface area contributed by atoms with Gasteiger partial charge in [0.2, 0.25) is 0 Å². The van der Waals surface area contributed by atoms with Crippen molar-refractivity contribution in [3.05, 3.63) is 48.0 Å². The Morgan fingerprint density at radius 3 is 2.29 bits per heavy atom. The van der Waals surface area contributed by atoms with Gasteiger partial charge >= 0.3 is 0 Å². The van der Waals surface area contributed by atoms with Crippen LogP contribution in [0, 0.1) is 0 Å². The Morgan fingerprint density at radius 2 is 1.71 bits per heavy atom. The third-order valence-electron chi connectivity index (χ3n) is 3.69. The molecule has 0 bridgehead atoms. The predicted octanol–water partition coefficient (Wildman–Crippen LogP) is 4.55. The smallest absolute Gasteiger partial charge is 0.294 e. The summed E-state index contributed by atoms with van der Waals surface area (Å²) >= 11 is 0. The lowest BCUT2D eigenvalue weighted by Crippen LogP contribution is -1.97. The van der Waals surface area contributed by atoms with Crippen molar-refractivity contribution in [3.63, 3.8) is 0 Å². The Hall–Kier alpha value is -2.05. The molecule has 0 unspecified atom stereocenters. The van der Waals surface area contributed by atoms with Crippen molar-refractivity contribution in [2.75, 3.05) is 0 Å². The van der Waals surface area contributed by atoms with Crippen LogP contribution < -0.4 is 4.74 Å². The van der Waals surface area contributed by atoms with Gasteiger partial charge in [0.15, 0.2) is 11.5 Å². The van der Waals surface area contributed by atoms with E-state index in [0.717, 1.165) is 18.4 Å². The van der Waals surface area contributed by atoms with Crippen molar-refractivity contribution in [1.82, 2.24) is 0 Å². The normalized spacial score (nSPS) is 11.4. The van der Waals surface area contributed by atoms with Crippen molar-refractivity contribution in [2.24, 2.45) is 0 Å². The molecule has 0 heterocycles. The first-order valence-electron chi connectivity index (χ1n) is 7.97. The van der Waals surface area contributed by atoms with Crippen molar-refractivity contribution in [1.29, 1.82) is 0 Å². The fourth-order valence-electron chi connectivity index (χ4n) is 2.37. The topological polar surface area (TPSA) is 83.8 Å². The minimum Gasteiger partial charge on any atom is -0.504 e. The second kappa shape index (κ2) is 8.17. The molecule has 0 saturated carbocycles. The fraction of sp³-hybridized carbons (Fsp3) is 0.333. The number of rotatable bonds is 8. The highest BCUT2D eigenvalue weighted by molar-refractivity contribution is 7.85. The lowest BCUT2D eigenvalue weighted by Gasteiger charge is -2.10. The summed E-state index contributed by atoms with van der Waals surface area (Å²) in [5.41, 5.74) is 1.05. The predicted molar refractivity (Wildman–Crippen MR) is 92.3 cm³/mol. The third kappa shape index (κ3) is 5.25. The summed E-state index contributed by atoms with van der Waals surface area (Å²) in [7, 11) is -4.22. The average Bonchev–Trinajstić information content (AvgIpc) is 2.54. The molecule has 130 valence electrons. The summed E-state index contributed by atoms with van der Waals surface area (Å²) in [5.74, 6) is 0.710. The van der Waals surface area contributed by atoms with Gasteiger partial charge in [0, 0.05) is 0 Å². The highest BCUT2D eigenvalue weighted by Crippen LogP contribution is 2.32. The summed E-state index contributed by atoms with van der Waals surface area (Å²) in [6.45, 7) is 2.17. The summed E-state index contributed by atoms with van der Waals surface area (Å²) < 4.78 is 36.5. The van der Waals surface area contributed by atoms with Gasteiger partial charge in [-0.3, -0.25) is 4.55 Å². The highest BCUT2D eigenvalue weighted by Gasteiger charge is 2.10. The lowest BCUT2D eigenvalue weighted by atomic mass is 10.1. The maximum absolute atomic E-state index is 11.0. The summed E-state index contributed by atoms with van der Waals surface area (Å²) in [6.07, 6.45) is 5.58. The molecule has 0 radical (unpaired) electrons. The van der Waals surface area contributed by atoms with Crippen LogP contribution in [0.5, 0.6) is 17.2 Å². The van der Waals surface area contributed by atoms with Gasteiger partial charge in [-0.25, -0.2) is 0 Å². The van der Waals surface area contributed by atoms with E-state index in [1.54, 1.807) is 12.1 Å². The molecular weight excluding hydrogens is 328 g/mol.